The van der Waals surface area contributed by atoms with E-state index in [1.807, 2.05) is 12.1 Å². The summed E-state index contributed by atoms with van der Waals surface area (Å²) in [6.45, 7) is 2.25. The highest BCUT2D eigenvalue weighted by atomic mass is 16.5. The van der Waals surface area contributed by atoms with Gasteiger partial charge in [-0.05, 0) is 37.3 Å². The molecule has 2 unspecified atom stereocenters. The summed E-state index contributed by atoms with van der Waals surface area (Å²) in [4.78, 5) is 0. The maximum Gasteiger partial charge on any atom is 0.143 e. The number of ether oxygens (including phenoxy) is 1. The van der Waals surface area contributed by atoms with E-state index in [0.29, 0.717) is 22.9 Å². The summed E-state index contributed by atoms with van der Waals surface area (Å²) in [6.07, 6.45) is 4.91. The van der Waals surface area contributed by atoms with Crippen LogP contribution >= 0.6 is 0 Å². The Hall–Kier alpha value is -1.69. The Balaban J connectivity index is 2.11. The SMILES string of the molecule is CC1CCCC(Oc2cccc(C#N)c2N)C1. The van der Waals surface area contributed by atoms with Gasteiger partial charge in [-0.1, -0.05) is 19.4 Å². The van der Waals surface area contributed by atoms with Crippen LogP contribution in [0.3, 0.4) is 0 Å². The first kappa shape index (κ1) is 11.8. The molecule has 0 aliphatic heterocycles. The highest BCUT2D eigenvalue weighted by molar-refractivity contribution is 5.63. The molecule has 1 aliphatic carbocycles. The molecule has 2 rings (SSSR count). The molecule has 1 aromatic rings. The zero-order chi connectivity index (χ0) is 12.3. The highest BCUT2D eigenvalue weighted by Crippen LogP contribution is 2.31. The van der Waals surface area contributed by atoms with Crippen molar-refractivity contribution < 1.29 is 4.74 Å². The van der Waals surface area contributed by atoms with Crippen LogP contribution in [0.1, 0.15) is 38.2 Å². The lowest BCUT2D eigenvalue weighted by atomic mass is 9.88. The number of anilines is 1. The van der Waals surface area contributed by atoms with Crippen molar-refractivity contribution in [3.8, 4) is 11.8 Å². The molecule has 3 heteroatoms. The Kier molecular flexibility index (Phi) is 3.53. The van der Waals surface area contributed by atoms with Crippen LogP contribution in [0.15, 0.2) is 18.2 Å². The number of nitrogen functional groups attached to an aromatic ring is 1. The monoisotopic (exact) mass is 230 g/mol. The highest BCUT2D eigenvalue weighted by Gasteiger charge is 2.21. The Morgan fingerprint density at radius 2 is 2.24 bits per heavy atom. The predicted molar refractivity (Wildman–Crippen MR) is 67.6 cm³/mol. The van der Waals surface area contributed by atoms with E-state index in [9.17, 15) is 0 Å². The van der Waals surface area contributed by atoms with Gasteiger partial charge in [0.15, 0.2) is 0 Å². The van der Waals surface area contributed by atoms with Crippen LogP contribution in [-0.4, -0.2) is 6.10 Å². The predicted octanol–water partition coefficient (Wildman–Crippen LogP) is 3.10. The van der Waals surface area contributed by atoms with Crippen molar-refractivity contribution in [2.75, 3.05) is 5.73 Å². The molecule has 0 heterocycles. The van der Waals surface area contributed by atoms with Crippen LogP contribution < -0.4 is 10.5 Å². The molecule has 3 nitrogen and oxygen atoms in total. The van der Waals surface area contributed by atoms with Crippen LogP contribution in [0.25, 0.3) is 0 Å². The van der Waals surface area contributed by atoms with Gasteiger partial charge in [-0.3, -0.25) is 0 Å². The van der Waals surface area contributed by atoms with E-state index < -0.39 is 0 Å². The van der Waals surface area contributed by atoms with Crippen LogP contribution in [0.5, 0.6) is 5.75 Å². The minimum atomic E-state index is 0.245. The lowest BCUT2D eigenvalue weighted by molar-refractivity contribution is 0.130. The van der Waals surface area contributed by atoms with Gasteiger partial charge in [0.05, 0.1) is 17.4 Å². The van der Waals surface area contributed by atoms with Gasteiger partial charge < -0.3 is 10.5 Å². The van der Waals surface area contributed by atoms with E-state index in [2.05, 4.69) is 13.0 Å². The summed E-state index contributed by atoms with van der Waals surface area (Å²) in [5.74, 6) is 1.37. The third-order valence-electron chi connectivity index (χ3n) is 3.37. The fourth-order valence-electron chi connectivity index (χ4n) is 2.41. The first-order valence-corrected chi connectivity index (χ1v) is 6.16. The zero-order valence-electron chi connectivity index (χ0n) is 10.1. The van der Waals surface area contributed by atoms with Crippen molar-refractivity contribution in [2.45, 2.75) is 38.7 Å². The number of nitrogens with two attached hydrogens (primary N) is 1. The third kappa shape index (κ3) is 2.71. The van der Waals surface area contributed by atoms with E-state index in [4.69, 9.17) is 15.7 Å². The lowest BCUT2D eigenvalue weighted by Crippen LogP contribution is -2.24. The second-order valence-corrected chi connectivity index (χ2v) is 4.84. The van der Waals surface area contributed by atoms with Gasteiger partial charge in [-0.2, -0.15) is 5.26 Å². The van der Waals surface area contributed by atoms with E-state index in [0.717, 1.165) is 12.8 Å². The van der Waals surface area contributed by atoms with Crippen molar-refractivity contribution in [1.82, 2.24) is 0 Å². The average molecular weight is 230 g/mol. The number of nitrogens with zero attached hydrogens (tertiary/aromatic N) is 1. The molecular formula is C14H18N2O. The Morgan fingerprint density at radius 1 is 1.41 bits per heavy atom. The topological polar surface area (TPSA) is 59.0 Å². The standard InChI is InChI=1S/C14H18N2O/c1-10-4-2-6-12(8-10)17-13-7-3-5-11(9-15)14(13)16/h3,5,7,10,12H,2,4,6,8,16H2,1H3. The average Bonchev–Trinajstić information content (AvgIpc) is 2.32. The first-order valence-electron chi connectivity index (χ1n) is 6.16. The number of hydrogen-bond acceptors (Lipinski definition) is 3. The van der Waals surface area contributed by atoms with Crippen molar-refractivity contribution in [3.05, 3.63) is 23.8 Å². The second-order valence-electron chi connectivity index (χ2n) is 4.84. The molecule has 17 heavy (non-hydrogen) atoms. The lowest BCUT2D eigenvalue weighted by Gasteiger charge is -2.27. The van der Waals surface area contributed by atoms with Gasteiger partial charge in [-0.25, -0.2) is 0 Å². The van der Waals surface area contributed by atoms with Gasteiger partial charge in [-0.15, -0.1) is 0 Å². The summed E-state index contributed by atoms with van der Waals surface area (Å²) in [5.41, 5.74) is 6.86. The Bertz CT molecular complexity index is 436. The minimum Gasteiger partial charge on any atom is -0.488 e. The molecular weight excluding hydrogens is 212 g/mol. The summed E-state index contributed by atoms with van der Waals surface area (Å²) in [7, 11) is 0. The zero-order valence-corrected chi connectivity index (χ0v) is 10.1. The summed E-state index contributed by atoms with van der Waals surface area (Å²) in [5, 5.41) is 8.91. The molecule has 1 saturated carbocycles. The summed E-state index contributed by atoms with van der Waals surface area (Å²) >= 11 is 0. The van der Waals surface area contributed by atoms with Crippen molar-refractivity contribution >= 4 is 5.69 Å². The largest absolute Gasteiger partial charge is 0.488 e. The van der Waals surface area contributed by atoms with Gasteiger partial charge >= 0.3 is 0 Å². The van der Waals surface area contributed by atoms with Gasteiger partial charge in [0.1, 0.15) is 11.8 Å². The third-order valence-corrected chi connectivity index (χ3v) is 3.37. The van der Waals surface area contributed by atoms with Crippen LogP contribution in [0, 0.1) is 17.2 Å². The normalized spacial score (nSPS) is 24.0. The Labute approximate surface area is 102 Å². The smallest absolute Gasteiger partial charge is 0.143 e. The molecule has 0 radical (unpaired) electrons. The molecule has 2 N–H and O–H groups in total. The molecule has 0 saturated heterocycles. The molecule has 0 bridgehead atoms. The second kappa shape index (κ2) is 5.09. The number of hydrogen-bond donors (Lipinski definition) is 1. The fraction of sp³-hybridized carbons (Fsp3) is 0.500. The van der Waals surface area contributed by atoms with E-state index in [1.54, 1.807) is 6.07 Å². The molecule has 1 aromatic carbocycles. The molecule has 90 valence electrons. The number of benzene rings is 1. The van der Waals surface area contributed by atoms with Crippen molar-refractivity contribution in [1.29, 1.82) is 5.26 Å². The van der Waals surface area contributed by atoms with Gasteiger partial charge in [0.2, 0.25) is 0 Å². The maximum absolute atomic E-state index is 8.91. The van der Waals surface area contributed by atoms with E-state index in [1.165, 1.54) is 12.8 Å². The molecule has 1 fully saturated rings. The van der Waals surface area contributed by atoms with Crippen LogP contribution in [0.2, 0.25) is 0 Å². The summed E-state index contributed by atoms with van der Waals surface area (Å²) in [6, 6.07) is 7.45. The number of nitriles is 1. The van der Waals surface area contributed by atoms with Crippen molar-refractivity contribution in [3.63, 3.8) is 0 Å². The van der Waals surface area contributed by atoms with E-state index in [-0.39, 0.29) is 6.10 Å². The minimum absolute atomic E-state index is 0.245. The quantitative estimate of drug-likeness (QED) is 0.794. The van der Waals surface area contributed by atoms with Crippen LogP contribution in [0.4, 0.5) is 5.69 Å². The first-order chi connectivity index (χ1) is 8.20. The maximum atomic E-state index is 8.91. The molecule has 0 spiro atoms. The number of rotatable bonds is 2. The van der Waals surface area contributed by atoms with E-state index >= 15 is 0 Å². The molecule has 2 atom stereocenters. The Morgan fingerprint density at radius 3 is 2.94 bits per heavy atom. The molecule has 0 aromatic heterocycles. The summed E-state index contributed by atoms with van der Waals surface area (Å²) < 4.78 is 5.92. The number of para-hydroxylation sites is 1. The molecule has 1 aliphatic rings. The van der Waals surface area contributed by atoms with Crippen LogP contribution in [-0.2, 0) is 0 Å². The van der Waals surface area contributed by atoms with Crippen molar-refractivity contribution in [2.24, 2.45) is 5.92 Å². The fourth-order valence-corrected chi connectivity index (χ4v) is 2.41. The van der Waals surface area contributed by atoms with Gasteiger partial charge in [0.25, 0.3) is 0 Å². The van der Waals surface area contributed by atoms with Gasteiger partial charge in [0, 0.05) is 0 Å². The molecule has 0 amide bonds.